The van der Waals surface area contributed by atoms with Gasteiger partial charge >= 0.3 is 0 Å². The predicted molar refractivity (Wildman–Crippen MR) is 188 cm³/mol. The second-order valence-electron chi connectivity index (χ2n) is 11.4. The van der Waals surface area contributed by atoms with Gasteiger partial charge in [-0.25, -0.2) is 0 Å². The van der Waals surface area contributed by atoms with E-state index in [1.165, 1.54) is 16.3 Å². The maximum Gasteiger partial charge on any atom is 0.101 e. The molecule has 0 saturated heterocycles. The smallest absolute Gasteiger partial charge is 0.101 e. The van der Waals surface area contributed by atoms with E-state index in [0.717, 1.165) is 55.3 Å². The van der Waals surface area contributed by atoms with Crippen molar-refractivity contribution in [1.29, 1.82) is 10.5 Å². The van der Waals surface area contributed by atoms with Crippen LogP contribution in [0.4, 0.5) is 17.1 Å². The van der Waals surface area contributed by atoms with Gasteiger partial charge in [0, 0.05) is 27.5 Å². The fraction of sp³-hybridized carbons (Fsp3) is 0.0476. The summed E-state index contributed by atoms with van der Waals surface area (Å²) in [6.07, 6.45) is 4.21. The van der Waals surface area contributed by atoms with Crippen molar-refractivity contribution < 1.29 is 0 Å². The standard InChI is InChI=1S/C42H29N3/c1-28-10-18-33(19-11-28)45(42-9-5-7-32-6-3-4-8-35(32)42)34-20-15-30(16-21-34)13-14-31-17-23-37-39(25-31)38-24-29(2)12-22-36(38)40(26-43)41(37)27-44/h3-25H,1-2H3/b14-13+. The highest BCUT2D eigenvalue weighted by molar-refractivity contribution is 6.13. The van der Waals surface area contributed by atoms with Gasteiger partial charge in [-0.05, 0) is 77.5 Å². The number of nitrogens with zero attached hydrogens (tertiary/aromatic N) is 3. The second kappa shape index (κ2) is 11.5. The number of hydrogen-bond acceptors (Lipinski definition) is 3. The van der Waals surface area contributed by atoms with Crippen molar-refractivity contribution in [2.75, 3.05) is 4.90 Å². The van der Waals surface area contributed by atoms with Crippen molar-refractivity contribution in [3.63, 3.8) is 0 Å². The molecule has 0 aliphatic heterocycles. The van der Waals surface area contributed by atoms with E-state index in [9.17, 15) is 10.5 Å². The molecular formula is C42H29N3. The lowest BCUT2D eigenvalue weighted by molar-refractivity contribution is 1.29. The van der Waals surface area contributed by atoms with Crippen LogP contribution in [0.15, 0.2) is 127 Å². The van der Waals surface area contributed by atoms with E-state index >= 15 is 0 Å². The molecular weight excluding hydrogens is 546 g/mol. The molecule has 0 aromatic heterocycles. The van der Waals surface area contributed by atoms with Crippen LogP contribution < -0.4 is 4.90 Å². The fourth-order valence-electron chi connectivity index (χ4n) is 6.16. The molecule has 7 aromatic rings. The average molecular weight is 576 g/mol. The summed E-state index contributed by atoms with van der Waals surface area (Å²) in [7, 11) is 0. The second-order valence-corrected chi connectivity index (χ2v) is 11.4. The molecule has 7 aromatic carbocycles. The zero-order chi connectivity index (χ0) is 30.9. The third-order valence-electron chi connectivity index (χ3n) is 8.44. The fourth-order valence-corrected chi connectivity index (χ4v) is 6.16. The van der Waals surface area contributed by atoms with Crippen LogP contribution in [-0.2, 0) is 0 Å². The number of aryl methyl sites for hydroxylation is 2. The van der Waals surface area contributed by atoms with Crippen LogP contribution >= 0.6 is 0 Å². The predicted octanol–water partition coefficient (Wildman–Crippen LogP) is 11.1. The summed E-state index contributed by atoms with van der Waals surface area (Å²) in [6.45, 7) is 4.15. The van der Waals surface area contributed by atoms with Crippen molar-refractivity contribution in [1.82, 2.24) is 0 Å². The summed E-state index contributed by atoms with van der Waals surface area (Å²) < 4.78 is 0. The molecule has 0 aliphatic carbocycles. The summed E-state index contributed by atoms with van der Waals surface area (Å²) in [4.78, 5) is 2.31. The molecule has 7 rings (SSSR count). The molecule has 0 N–H and O–H groups in total. The van der Waals surface area contributed by atoms with Gasteiger partial charge in [0.2, 0.25) is 0 Å². The largest absolute Gasteiger partial charge is 0.310 e. The number of hydrogen-bond donors (Lipinski definition) is 0. The van der Waals surface area contributed by atoms with Crippen molar-refractivity contribution in [3.05, 3.63) is 161 Å². The summed E-state index contributed by atoms with van der Waals surface area (Å²) in [6, 6.07) is 48.9. The number of rotatable bonds is 5. The van der Waals surface area contributed by atoms with Crippen molar-refractivity contribution in [3.8, 4) is 12.1 Å². The van der Waals surface area contributed by atoms with Gasteiger partial charge in [0.15, 0.2) is 0 Å². The lowest BCUT2D eigenvalue weighted by atomic mass is 9.91. The van der Waals surface area contributed by atoms with Crippen LogP contribution in [0.2, 0.25) is 0 Å². The van der Waals surface area contributed by atoms with E-state index in [1.54, 1.807) is 0 Å². The monoisotopic (exact) mass is 575 g/mol. The minimum atomic E-state index is 0.430. The molecule has 0 unspecified atom stereocenters. The Morgan fingerprint density at radius 3 is 1.76 bits per heavy atom. The summed E-state index contributed by atoms with van der Waals surface area (Å²) in [5.74, 6) is 0. The Kier molecular flexibility index (Phi) is 7.07. The molecule has 0 amide bonds. The molecule has 0 saturated carbocycles. The molecule has 3 nitrogen and oxygen atoms in total. The van der Waals surface area contributed by atoms with Crippen LogP contribution in [0.1, 0.15) is 33.4 Å². The van der Waals surface area contributed by atoms with Crippen LogP contribution in [0.3, 0.4) is 0 Å². The lowest BCUT2D eigenvalue weighted by Gasteiger charge is -2.27. The average Bonchev–Trinajstić information content (AvgIpc) is 3.08. The maximum absolute atomic E-state index is 9.94. The quantitative estimate of drug-likeness (QED) is 0.151. The highest BCUT2D eigenvalue weighted by Crippen LogP contribution is 2.39. The molecule has 0 bridgehead atoms. The van der Waals surface area contributed by atoms with Gasteiger partial charge in [0.25, 0.3) is 0 Å². The van der Waals surface area contributed by atoms with E-state index in [-0.39, 0.29) is 0 Å². The van der Waals surface area contributed by atoms with E-state index < -0.39 is 0 Å². The normalized spacial score (nSPS) is 11.2. The van der Waals surface area contributed by atoms with Crippen LogP contribution in [0.25, 0.3) is 44.5 Å². The van der Waals surface area contributed by atoms with Gasteiger partial charge in [-0.3, -0.25) is 0 Å². The zero-order valence-electron chi connectivity index (χ0n) is 25.1. The first-order valence-electron chi connectivity index (χ1n) is 15.0. The topological polar surface area (TPSA) is 50.8 Å². The van der Waals surface area contributed by atoms with Gasteiger partial charge in [-0.15, -0.1) is 0 Å². The molecule has 212 valence electrons. The zero-order valence-corrected chi connectivity index (χ0v) is 25.1. The van der Waals surface area contributed by atoms with Crippen molar-refractivity contribution in [2.45, 2.75) is 13.8 Å². The first-order chi connectivity index (χ1) is 22.0. The van der Waals surface area contributed by atoms with E-state index in [1.807, 2.05) is 31.2 Å². The SMILES string of the molecule is Cc1ccc(N(c2ccc(/C=C/c3ccc4c(C#N)c(C#N)c5ccc(C)cc5c4c3)cc2)c2cccc3ccccc23)cc1. The molecule has 0 heterocycles. The first-order valence-corrected chi connectivity index (χ1v) is 15.0. The molecule has 0 fully saturated rings. The number of benzene rings is 7. The summed E-state index contributed by atoms with van der Waals surface area (Å²) >= 11 is 0. The Morgan fingerprint density at radius 2 is 1.04 bits per heavy atom. The van der Waals surface area contributed by atoms with Crippen molar-refractivity contribution >= 4 is 61.5 Å². The molecule has 3 heteroatoms. The summed E-state index contributed by atoms with van der Waals surface area (Å²) in [5, 5.41) is 25.8. The summed E-state index contributed by atoms with van der Waals surface area (Å²) in [5.41, 5.74) is 8.64. The van der Waals surface area contributed by atoms with Crippen LogP contribution in [-0.4, -0.2) is 0 Å². The van der Waals surface area contributed by atoms with E-state index in [2.05, 4.69) is 139 Å². The number of anilines is 3. The highest BCUT2D eigenvalue weighted by Gasteiger charge is 2.16. The third-order valence-corrected chi connectivity index (χ3v) is 8.44. The van der Waals surface area contributed by atoms with Gasteiger partial charge < -0.3 is 4.90 Å². The third kappa shape index (κ3) is 5.08. The van der Waals surface area contributed by atoms with Gasteiger partial charge in [0.1, 0.15) is 12.1 Å². The lowest BCUT2D eigenvalue weighted by Crippen LogP contribution is -2.10. The van der Waals surface area contributed by atoms with E-state index in [0.29, 0.717) is 11.1 Å². The van der Waals surface area contributed by atoms with Gasteiger partial charge in [-0.2, -0.15) is 10.5 Å². The van der Waals surface area contributed by atoms with Gasteiger partial charge in [0.05, 0.1) is 16.8 Å². The van der Waals surface area contributed by atoms with Crippen LogP contribution in [0.5, 0.6) is 0 Å². The molecule has 0 aliphatic rings. The Labute approximate surface area is 263 Å². The number of fused-ring (bicyclic) bond motifs is 4. The molecule has 45 heavy (non-hydrogen) atoms. The Hall–Kier alpha value is -6.16. The molecule has 0 radical (unpaired) electrons. The van der Waals surface area contributed by atoms with Gasteiger partial charge in [-0.1, -0.05) is 114 Å². The van der Waals surface area contributed by atoms with E-state index in [4.69, 9.17) is 0 Å². The number of nitriles is 2. The van der Waals surface area contributed by atoms with Crippen molar-refractivity contribution in [2.24, 2.45) is 0 Å². The Balaban J connectivity index is 1.27. The minimum absolute atomic E-state index is 0.430. The van der Waals surface area contributed by atoms with Crippen LogP contribution in [0, 0.1) is 36.5 Å². The first kappa shape index (κ1) is 27.7. The maximum atomic E-state index is 9.94. The highest BCUT2D eigenvalue weighted by atomic mass is 15.1. The Morgan fingerprint density at radius 1 is 0.489 bits per heavy atom. The molecule has 0 atom stereocenters. The molecule has 0 spiro atoms. The minimum Gasteiger partial charge on any atom is -0.310 e. The Bertz CT molecular complexity index is 2340.